The zero-order valence-electron chi connectivity index (χ0n) is 28.0. The van der Waals surface area contributed by atoms with Gasteiger partial charge < -0.3 is 19.0 Å². The molecule has 0 radical (unpaired) electrons. The Labute approximate surface area is 298 Å². The Balaban J connectivity index is 1.35. The molecule has 0 unspecified atom stereocenters. The first kappa shape index (κ1) is 35.8. The fourth-order valence-electron chi connectivity index (χ4n) is 5.88. The van der Waals surface area contributed by atoms with E-state index >= 15 is 0 Å². The molecule has 0 saturated carbocycles. The van der Waals surface area contributed by atoms with Gasteiger partial charge >= 0.3 is 5.97 Å². The van der Waals surface area contributed by atoms with Gasteiger partial charge in [-0.1, -0.05) is 111 Å². The highest BCUT2D eigenvalue weighted by Gasteiger charge is 2.50. The van der Waals surface area contributed by atoms with Crippen LogP contribution in [-0.2, 0) is 27.1 Å². The van der Waals surface area contributed by atoms with E-state index in [0.717, 1.165) is 11.4 Å². The monoisotopic (exact) mass is 711 g/mol. The maximum Gasteiger partial charge on any atom is 0.356 e. The number of halogens is 2. The van der Waals surface area contributed by atoms with Crippen molar-refractivity contribution in [3.05, 3.63) is 148 Å². The summed E-state index contributed by atoms with van der Waals surface area (Å²) in [7, 11) is -2.84. The van der Waals surface area contributed by atoms with E-state index in [4.69, 9.17) is 32.4 Å². The van der Waals surface area contributed by atoms with Gasteiger partial charge in [-0.05, 0) is 64.3 Å². The fraction of sp³-hybridized carbons (Fsp3) is 0.205. The topological polar surface area (TPSA) is 82.5 Å². The van der Waals surface area contributed by atoms with Crippen molar-refractivity contribution in [3.63, 3.8) is 0 Å². The highest BCUT2D eigenvalue weighted by molar-refractivity contribution is 6.99. The minimum Gasteiger partial charge on any atom is -0.461 e. The van der Waals surface area contributed by atoms with E-state index in [9.17, 15) is 9.59 Å². The zero-order chi connectivity index (χ0) is 35.0. The van der Waals surface area contributed by atoms with E-state index in [1.165, 1.54) is 22.6 Å². The maximum atomic E-state index is 12.7. The highest BCUT2D eigenvalue weighted by Crippen LogP contribution is 2.39. The molecule has 5 aromatic rings. The summed E-state index contributed by atoms with van der Waals surface area (Å²) in [6.45, 7) is 9.16. The molecule has 252 valence electrons. The number of hydrogen-bond acceptors (Lipinski definition) is 5. The van der Waals surface area contributed by atoms with Crippen LogP contribution in [0.3, 0.4) is 0 Å². The molecule has 0 aliphatic heterocycles. The van der Waals surface area contributed by atoms with Gasteiger partial charge in [0.25, 0.3) is 8.32 Å². The van der Waals surface area contributed by atoms with Crippen molar-refractivity contribution < 1.29 is 18.8 Å². The summed E-state index contributed by atoms with van der Waals surface area (Å²) in [4.78, 5) is 28.7. The number of amides is 1. The largest absolute Gasteiger partial charge is 0.461 e. The van der Waals surface area contributed by atoms with Crippen molar-refractivity contribution in [3.8, 4) is 5.69 Å². The smallest absolute Gasteiger partial charge is 0.356 e. The Bertz CT molecular complexity index is 1880. The number of ether oxygens (including phenoxy) is 1. The molecule has 7 nitrogen and oxygen atoms in total. The van der Waals surface area contributed by atoms with E-state index in [2.05, 4.69) is 79.6 Å². The number of carbonyl (C=O) groups is 2. The van der Waals surface area contributed by atoms with Crippen LogP contribution in [0.25, 0.3) is 11.8 Å². The van der Waals surface area contributed by atoms with Gasteiger partial charge in [0.1, 0.15) is 5.69 Å². The Hall–Kier alpha value is -4.47. The second kappa shape index (κ2) is 15.8. The average molecular weight is 713 g/mol. The van der Waals surface area contributed by atoms with Gasteiger partial charge in [-0.3, -0.25) is 4.79 Å². The van der Waals surface area contributed by atoms with Crippen LogP contribution in [-0.4, -0.2) is 36.4 Å². The second-order valence-corrected chi connectivity index (χ2v) is 17.5. The van der Waals surface area contributed by atoms with E-state index in [1.54, 1.807) is 25.1 Å². The summed E-state index contributed by atoms with van der Waals surface area (Å²) in [5, 5.41) is 6.04. The van der Waals surface area contributed by atoms with Crippen LogP contribution in [0.2, 0.25) is 15.1 Å². The van der Waals surface area contributed by atoms with Crippen LogP contribution in [0.15, 0.2) is 116 Å². The Morgan fingerprint density at radius 2 is 1.57 bits per heavy atom. The quantitative estimate of drug-likeness (QED) is 0.0813. The van der Waals surface area contributed by atoms with Gasteiger partial charge in [0.15, 0.2) is 0 Å². The van der Waals surface area contributed by atoms with Crippen molar-refractivity contribution in [1.82, 2.24) is 14.9 Å². The van der Waals surface area contributed by atoms with Crippen molar-refractivity contribution in [1.29, 1.82) is 0 Å². The SMILES string of the molecule is CCOC(=O)c1ccc(C=CC(=O)NCc2cccn2-c2ccc(Cl)c(CO[Si](c3ccccc3)(c3ccccc3)C(C)(C)C)c2Cl)cn1. The number of aromatic nitrogens is 2. The van der Waals surface area contributed by atoms with Crippen molar-refractivity contribution in [2.75, 3.05) is 6.61 Å². The third-order valence-corrected chi connectivity index (χ3v) is 14.0. The standard InChI is InChI=1S/C39H39Cl2N3O4Si/c1-5-47-38(46)34-21-18-28(25-42-34)19-23-36(45)43-26-29-13-12-24-44(29)35-22-20-33(40)32(37(35)41)27-48-49(39(2,3)4,30-14-8-6-9-15-30)31-16-10-7-11-17-31/h6-25H,5,26-27H2,1-4H3,(H,43,45). The summed E-state index contributed by atoms with van der Waals surface area (Å²) in [6, 6.07) is 31.7. The molecule has 0 spiro atoms. The molecule has 10 heteroatoms. The van der Waals surface area contributed by atoms with Gasteiger partial charge in [-0.25, -0.2) is 9.78 Å². The fourth-order valence-corrected chi connectivity index (χ4v) is 11.0. The molecule has 5 rings (SSSR count). The number of nitrogens with one attached hydrogen (secondary N) is 1. The van der Waals surface area contributed by atoms with Crippen LogP contribution in [0, 0.1) is 0 Å². The molecule has 49 heavy (non-hydrogen) atoms. The average Bonchev–Trinajstić information content (AvgIpc) is 3.57. The number of hydrogen-bond donors (Lipinski definition) is 1. The number of rotatable bonds is 12. The molecule has 0 saturated heterocycles. The molecule has 3 aromatic carbocycles. The summed E-state index contributed by atoms with van der Waals surface area (Å²) < 4.78 is 14.1. The molecule has 0 aliphatic carbocycles. The van der Waals surface area contributed by atoms with E-state index in [0.29, 0.717) is 21.2 Å². The molecule has 1 N–H and O–H groups in total. The lowest BCUT2D eigenvalue weighted by Crippen LogP contribution is -2.66. The molecular weight excluding hydrogens is 673 g/mol. The van der Waals surface area contributed by atoms with Gasteiger partial charge in [0.2, 0.25) is 5.91 Å². The molecule has 2 heterocycles. The van der Waals surface area contributed by atoms with Crippen LogP contribution in [0.5, 0.6) is 0 Å². The zero-order valence-corrected chi connectivity index (χ0v) is 30.5. The number of nitrogens with zero attached hydrogens (tertiary/aromatic N) is 2. The van der Waals surface area contributed by atoms with Gasteiger partial charge in [0.05, 0.1) is 30.5 Å². The van der Waals surface area contributed by atoms with Crippen LogP contribution < -0.4 is 15.7 Å². The van der Waals surface area contributed by atoms with Crippen LogP contribution >= 0.6 is 23.2 Å². The first-order valence-electron chi connectivity index (χ1n) is 16.0. The predicted octanol–water partition coefficient (Wildman–Crippen LogP) is 7.76. The maximum absolute atomic E-state index is 12.7. The summed E-state index contributed by atoms with van der Waals surface area (Å²) in [6.07, 6.45) is 6.46. The van der Waals surface area contributed by atoms with Crippen LogP contribution in [0.4, 0.5) is 0 Å². The third kappa shape index (κ3) is 8.06. The number of pyridine rings is 1. The second-order valence-electron chi connectivity index (χ2n) is 12.4. The molecule has 0 bridgehead atoms. The third-order valence-electron chi connectivity index (χ3n) is 8.25. The van der Waals surface area contributed by atoms with Gasteiger partial charge in [-0.2, -0.15) is 0 Å². The summed E-state index contributed by atoms with van der Waals surface area (Å²) in [5.74, 6) is -0.776. The minimum absolute atomic E-state index is 0.211. The molecule has 1 amide bonds. The lowest BCUT2D eigenvalue weighted by atomic mass is 10.2. The molecular formula is C39H39Cl2N3O4Si. The molecule has 0 aliphatic rings. The molecule has 2 aromatic heterocycles. The highest BCUT2D eigenvalue weighted by atomic mass is 35.5. The number of esters is 1. The lowest BCUT2D eigenvalue weighted by Gasteiger charge is -2.43. The predicted molar refractivity (Wildman–Crippen MR) is 199 cm³/mol. The summed E-state index contributed by atoms with van der Waals surface area (Å²) in [5.41, 5.74) is 3.13. The lowest BCUT2D eigenvalue weighted by molar-refractivity contribution is -0.116. The number of carbonyl (C=O) groups excluding carboxylic acids is 2. The minimum atomic E-state index is -2.84. The first-order valence-corrected chi connectivity index (χ1v) is 18.7. The normalized spacial score (nSPS) is 11.9. The van der Waals surface area contributed by atoms with Crippen molar-refractivity contribution >= 4 is 59.8 Å². The first-order chi connectivity index (χ1) is 23.5. The number of benzene rings is 3. The molecule has 0 atom stereocenters. The Kier molecular flexibility index (Phi) is 11.6. The Morgan fingerprint density at radius 3 is 2.16 bits per heavy atom. The Morgan fingerprint density at radius 1 is 0.898 bits per heavy atom. The van der Waals surface area contributed by atoms with E-state index < -0.39 is 14.3 Å². The van der Waals surface area contributed by atoms with Crippen molar-refractivity contribution in [2.24, 2.45) is 0 Å². The van der Waals surface area contributed by atoms with E-state index in [-0.39, 0.29) is 36.4 Å². The summed E-state index contributed by atoms with van der Waals surface area (Å²) >= 11 is 14.0. The van der Waals surface area contributed by atoms with Gasteiger partial charge in [0, 0.05) is 34.7 Å². The van der Waals surface area contributed by atoms with E-state index in [1.807, 2.05) is 47.2 Å². The van der Waals surface area contributed by atoms with Crippen LogP contribution in [0.1, 0.15) is 55.0 Å². The van der Waals surface area contributed by atoms with Crippen molar-refractivity contribution in [2.45, 2.75) is 45.9 Å². The molecule has 0 fully saturated rings. The van der Waals surface area contributed by atoms with Gasteiger partial charge in [-0.15, -0.1) is 0 Å².